The van der Waals surface area contributed by atoms with Gasteiger partial charge in [-0.1, -0.05) is 29.8 Å². The highest BCUT2D eigenvalue weighted by atomic mass is 35.5. The summed E-state index contributed by atoms with van der Waals surface area (Å²) in [6.45, 7) is 0.791. The Morgan fingerprint density at radius 1 is 1.20 bits per heavy atom. The molecule has 0 unspecified atom stereocenters. The van der Waals surface area contributed by atoms with Gasteiger partial charge in [-0.2, -0.15) is 0 Å². The molecule has 3 N–H and O–H groups in total. The second kappa shape index (κ2) is 6.82. The van der Waals surface area contributed by atoms with E-state index in [1.807, 2.05) is 30.3 Å². The fourth-order valence-electron chi connectivity index (χ4n) is 1.69. The Morgan fingerprint density at radius 3 is 2.65 bits per heavy atom. The van der Waals surface area contributed by atoms with Gasteiger partial charge in [-0.15, -0.1) is 0 Å². The number of hydrogen-bond acceptors (Lipinski definition) is 3. The van der Waals surface area contributed by atoms with Gasteiger partial charge in [0.1, 0.15) is 12.4 Å². The minimum atomic E-state index is -0.240. The number of nitrogens with one attached hydrogen (secondary N) is 1. The quantitative estimate of drug-likeness (QED) is 0.657. The second-order valence-electron chi connectivity index (χ2n) is 4.15. The molecule has 104 valence electrons. The SMILES string of the molecule is Nc1cc(Cl)ccc1C(=O)NCCOc1ccccc1. The van der Waals surface area contributed by atoms with E-state index in [0.717, 1.165) is 5.75 Å². The lowest BCUT2D eigenvalue weighted by Crippen LogP contribution is -2.28. The Bertz CT molecular complexity index is 588. The van der Waals surface area contributed by atoms with Crippen LogP contribution in [0.15, 0.2) is 48.5 Å². The number of nitrogens with two attached hydrogens (primary N) is 1. The Morgan fingerprint density at radius 2 is 1.95 bits per heavy atom. The van der Waals surface area contributed by atoms with Crippen LogP contribution in [-0.2, 0) is 0 Å². The normalized spacial score (nSPS) is 10.1. The van der Waals surface area contributed by atoms with Gasteiger partial charge < -0.3 is 15.8 Å². The van der Waals surface area contributed by atoms with E-state index in [4.69, 9.17) is 22.1 Å². The largest absolute Gasteiger partial charge is 0.492 e. The van der Waals surface area contributed by atoms with E-state index in [-0.39, 0.29) is 5.91 Å². The van der Waals surface area contributed by atoms with Crippen LogP contribution >= 0.6 is 11.6 Å². The lowest BCUT2D eigenvalue weighted by Gasteiger charge is -2.09. The zero-order valence-electron chi connectivity index (χ0n) is 10.8. The molecular formula is C15H15ClN2O2. The van der Waals surface area contributed by atoms with Crippen molar-refractivity contribution in [2.45, 2.75) is 0 Å². The lowest BCUT2D eigenvalue weighted by molar-refractivity contribution is 0.0948. The molecule has 0 aromatic heterocycles. The minimum Gasteiger partial charge on any atom is -0.492 e. The summed E-state index contributed by atoms with van der Waals surface area (Å²) in [6, 6.07) is 14.2. The van der Waals surface area contributed by atoms with Crippen molar-refractivity contribution in [2.24, 2.45) is 0 Å². The first-order valence-corrected chi connectivity index (χ1v) is 6.55. The van der Waals surface area contributed by atoms with E-state index in [2.05, 4.69) is 5.32 Å². The molecule has 2 aromatic rings. The zero-order chi connectivity index (χ0) is 14.4. The van der Waals surface area contributed by atoms with Gasteiger partial charge in [0.05, 0.1) is 12.1 Å². The highest BCUT2D eigenvalue weighted by Gasteiger charge is 2.09. The Kier molecular flexibility index (Phi) is 4.85. The maximum atomic E-state index is 11.9. The van der Waals surface area contributed by atoms with Crippen LogP contribution in [0.2, 0.25) is 5.02 Å². The lowest BCUT2D eigenvalue weighted by atomic mass is 10.1. The van der Waals surface area contributed by atoms with Crippen molar-refractivity contribution in [1.82, 2.24) is 5.32 Å². The highest BCUT2D eigenvalue weighted by molar-refractivity contribution is 6.31. The number of carbonyl (C=O) groups is 1. The highest BCUT2D eigenvalue weighted by Crippen LogP contribution is 2.17. The molecule has 0 aliphatic carbocycles. The van der Waals surface area contributed by atoms with Crippen molar-refractivity contribution in [3.63, 3.8) is 0 Å². The molecule has 20 heavy (non-hydrogen) atoms. The number of rotatable bonds is 5. The van der Waals surface area contributed by atoms with Crippen molar-refractivity contribution >= 4 is 23.2 Å². The molecule has 5 heteroatoms. The number of nitrogen functional groups attached to an aromatic ring is 1. The van der Waals surface area contributed by atoms with Crippen LogP contribution in [0.25, 0.3) is 0 Å². The standard InChI is InChI=1S/C15H15ClN2O2/c16-11-6-7-13(14(17)10-11)15(19)18-8-9-20-12-4-2-1-3-5-12/h1-7,10H,8-9,17H2,(H,18,19). The van der Waals surface area contributed by atoms with E-state index in [9.17, 15) is 4.79 Å². The summed E-state index contributed by atoms with van der Waals surface area (Å²) in [5, 5.41) is 3.25. The summed E-state index contributed by atoms with van der Waals surface area (Å²) >= 11 is 5.78. The van der Waals surface area contributed by atoms with Crippen molar-refractivity contribution in [3.05, 3.63) is 59.1 Å². The summed E-state index contributed by atoms with van der Waals surface area (Å²) < 4.78 is 5.47. The molecule has 0 saturated heterocycles. The monoisotopic (exact) mass is 290 g/mol. The van der Waals surface area contributed by atoms with E-state index < -0.39 is 0 Å². The molecule has 0 saturated carbocycles. The van der Waals surface area contributed by atoms with E-state index in [1.54, 1.807) is 18.2 Å². The summed E-state index contributed by atoms with van der Waals surface area (Å²) in [7, 11) is 0. The molecule has 4 nitrogen and oxygen atoms in total. The summed E-state index contributed by atoms with van der Waals surface area (Å²) in [5.41, 5.74) is 6.51. The number of halogens is 1. The third kappa shape index (κ3) is 3.90. The maximum absolute atomic E-state index is 11.9. The maximum Gasteiger partial charge on any atom is 0.253 e. The van der Waals surface area contributed by atoms with Crippen molar-refractivity contribution in [2.75, 3.05) is 18.9 Å². The summed E-state index contributed by atoms with van der Waals surface area (Å²) in [4.78, 5) is 11.9. The number of ether oxygens (including phenoxy) is 1. The average Bonchev–Trinajstić information content (AvgIpc) is 2.44. The van der Waals surface area contributed by atoms with Crippen LogP contribution in [-0.4, -0.2) is 19.1 Å². The molecule has 0 aliphatic rings. The molecule has 0 aliphatic heterocycles. The second-order valence-corrected chi connectivity index (χ2v) is 4.59. The molecule has 0 heterocycles. The number of hydrogen-bond donors (Lipinski definition) is 2. The topological polar surface area (TPSA) is 64.4 Å². The number of para-hydroxylation sites is 1. The van der Waals surface area contributed by atoms with Gasteiger partial charge in [0.2, 0.25) is 0 Å². The van der Waals surface area contributed by atoms with Gasteiger partial charge in [0.15, 0.2) is 0 Å². The fraction of sp³-hybridized carbons (Fsp3) is 0.133. The van der Waals surface area contributed by atoms with Crippen LogP contribution in [0.5, 0.6) is 5.75 Å². The van der Waals surface area contributed by atoms with Crippen LogP contribution in [0.3, 0.4) is 0 Å². The fourth-order valence-corrected chi connectivity index (χ4v) is 1.87. The molecule has 2 rings (SSSR count). The van der Waals surface area contributed by atoms with Gasteiger partial charge in [-0.3, -0.25) is 4.79 Å². The first-order chi connectivity index (χ1) is 9.66. The van der Waals surface area contributed by atoms with Gasteiger partial charge in [-0.25, -0.2) is 0 Å². The predicted octanol–water partition coefficient (Wildman–Crippen LogP) is 2.73. The number of anilines is 1. The molecule has 0 bridgehead atoms. The molecule has 0 spiro atoms. The number of benzene rings is 2. The van der Waals surface area contributed by atoms with Gasteiger partial charge >= 0.3 is 0 Å². The van der Waals surface area contributed by atoms with Gasteiger partial charge in [-0.05, 0) is 30.3 Å². The Hall–Kier alpha value is -2.20. The van der Waals surface area contributed by atoms with Crippen LogP contribution in [0.4, 0.5) is 5.69 Å². The van der Waals surface area contributed by atoms with Crippen molar-refractivity contribution < 1.29 is 9.53 Å². The minimum absolute atomic E-state index is 0.240. The third-order valence-electron chi connectivity index (χ3n) is 2.66. The van der Waals surface area contributed by atoms with Crippen molar-refractivity contribution in [1.29, 1.82) is 0 Å². The number of carbonyl (C=O) groups excluding carboxylic acids is 1. The molecule has 1 amide bonds. The van der Waals surface area contributed by atoms with E-state index in [0.29, 0.717) is 29.4 Å². The van der Waals surface area contributed by atoms with Crippen molar-refractivity contribution in [3.8, 4) is 5.75 Å². The molecule has 0 atom stereocenters. The van der Waals surface area contributed by atoms with Crippen LogP contribution in [0, 0.1) is 0 Å². The zero-order valence-corrected chi connectivity index (χ0v) is 11.6. The van der Waals surface area contributed by atoms with Gasteiger partial charge in [0, 0.05) is 10.7 Å². The third-order valence-corrected chi connectivity index (χ3v) is 2.89. The first-order valence-electron chi connectivity index (χ1n) is 6.18. The van der Waals surface area contributed by atoms with Crippen LogP contribution in [0.1, 0.15) is 10.4 Å². The predicted molar refractivity (Wildman–Crippen MR) is 80.1 cm³/mol. The Labute approximate surface area is 122 Å². The smallest absolute Gasteiger partial charge is 0.253 e. The number of amides is 1. The van der Waals surface area contributed by atoms with Gasteiger partial charge in [0.25, 0.3) is 5.91 Å². The molecule has 0 radical (unpaired) electrons. The molecule has 2 aromatic carbocycles. The van der Waals surface area contributed by atoms with E-state index >= 15 is 0 Å². The molecular weight excluding hydrogens is 276 g/mol. The molecule has 0 fully saturated rings. The first kappa shape index (κ1) is 14.2. The Balaban J connectivity index is 1.80. The van der Waals surface area contributed by atoms with Crippen LogP contribution < -0.4 is 15.8 Å². The summed E-state index contributed by atoms with van der Waals surface area (Å²) in [6.07, 6.45) is 0. The average molecular weight is 291 g/mol. The van der Waals surface area contributed by atoms with E-state index in [1.165, 1.54) is 0 Å². The summed E-state index contributed by atoms with van der Waals surface area (Å²) in [5.74, 6) is 0.531.